The van der Waals surface area contributed by atoms with Crippen molar-refractivity contribution in [1.82, 2.24) is 15.6 Å². The molecule has 1 aliphatic rings. The fraction of sp³-hybridized carbons (Fsp3) is 0.417. The van der Waals surface area contributed by atoms with Gasteiger partial charge in [-0.3, -0.25) is 0 Å². The van der Waals surface area contributed by atoms with E-state index < -0.39 is 0 Å². The van der Waals surface area contributed by atoms with Crippen molar-refractivity contribution < 1.29 is 4.42 Å². The Balaban J connectivity index is 1.97. The van der Waals surface area contributed by atoms with Crippen LogP contribution in [0.25, 0.3) is 11.1 Å². The summed E-state index contributed by atoms with van der Waals surface area (Å²) in [6, 6.07) is 6.61. The van der Waals surface area contributed by atoms with Crippen LogP contribution in [-0.2, 0) is 0 Å². The lowest BCUT2D eigenvalue weighted by molar-refractivity contribution is 0.430. The van der Waals surface area contributed by atoms with E-state index in [1.807, 2.05) is 13.0 Å². The molecule has 1 unspecified atom stereocenters. The number of aromatic nitrogens is 1. The largest absolute Gasteiger partial charge is 0.441 e. The fourth-order valence-electron chi connectivity index (χ4n) is 2.16. The lowest BCUT2D eigenvalue weighted by Gasteiger charge is -2.24. The van der Waals surface area contributed by atoms with Crippen LogP contribution in [0.4, 0.5) is 0 Å². The van der Waals surface area contributed by atoms with Gasteiger partial charge in [-0.05, 0) is 17.7 Å². The molecule has 4 heteroatoms. The maximum Gasteiger partial charge on any atom is 0.192 e. The summed E-state index contributed by atoms with van der Waals surface area (Å²) in [4.78, 5) is 4.30. The summed E-state index contributed by atoms with van der Waals surface area (Å²) in [6.07, 6.45) is 0. The number of hydrogen-bond acceptors (Lipinski definition) is 4. The zero-order chi connectivity index (χ0) is 11.0. The molecule has 1 fully saturated rings. The van der Waals surface area contributed by atoms with Crippen LogP contribution < -0.4 is 10.6 Å². The van der Waals surface area contributed by atoms with E-state index in [0.717, 1.165) is 36.6 Å². The van der Waals surface area contributed by atoms with Gasteiger partial charge >= 0.3 is 0 Å². The van der Waals surface area contributed by atoms with Gasteiger partial charge in [-0.2, -0.15) is 0 Å². The molecular formula is C12H15N3O. The maximum atomic E-state index is 5.54. The molecule has 84 valence electrons. The summed E-state index contributed by atoms with van der Waals surface area (Å²) < 4.78 is 5.54. The average molecular weight is 217 g/mol. The minimum absolute atomic E-state index is 0.378. The highest BCUT2D eigenvalue weighted by molar-refractivity contribution is 5.73. The van der Waals surface area contributed by atoms with Crippen LogP contribution in [0, 0.1) is 6.92 Å². The SMILES string of the molecule is Cc1nc2ccc(C3CNCCN3)cc2o1. The lowest BCUT2D eigenvalue weighted by Crippen LogP contribution is -2.42. The number of hydrogen-bond donors (Lipinski definition) is 2. The zero-order valence-corrected chi connectivity index (χ0v) is 9.29. The monoisotopic (exact) mass is 217 g/mol. The third-order valence-corrected chi connectivity index (χ3v) is 2.96. The highest BCUT2D eigenvalue weighted by Crippen LogP contribution is 2.21. The topological polar surface area (TPSA) is 50.1 Å². The molecule has 3 rings (SSSR count). The molecule has 2 heterocycles. The van der Waals surface area contributed by atoms with Crippen LogP contribution in [0.5, 0.6) is 0 Å². The molecule has 0 saturated carbocycles. The van der Waals surface area contributed by atoms with Crippen molar-refractivity contribution in [1.29, 1.82) is 0 Å². The second kappa shape index (κ2) is 3.88. The molecular weight excluding hydrogens is 202 g/mol. The van der Waals surface area contributed by atoms with Crippen molar-refractivity contribution >= 4 is 11.1 Å². The standard InChI is InChI=1S/C12H15N3O/c1-8-15-10-3-2-9(6-12(10)16-8)11-7-13-4-5-14-11/h2-3,6,11,13-14H,4-5,7H2,1H3. The van der Waals surface area contributed by atoms with Crippen molar-refractivity contribution in [3.8, 4) is 0 Å². The van der Waals surface area contributed by atoms with E-state index in [1.54, 1.807) is 0 Å². The van der Waals surface area contributed by atoms with Gasteiger partial charge in [0.15, 0.2) is 11.5 Å². The second-order valence-corrected chi connectivity index (χ2v) is 4.17. The van der Waals surface area contributed by atoms with Gasteiger partial charge in [-0.25, -0.2) is 4.98 Å². The predicted molar refractivity (Wildman–Crippen MR) is 62.4 cm³/mol. The number of piperazine rings is 1. The van der Waals surface area contributed by atoms with Gasteiger partial charge in [-0.1, -0.05) is 6.07 Å². The Bertz CT molecular complexity index is 500. The van der Waals surface area contributed by atoms with Crippen molar-refractivity contribution in [3.63, 3.8) is 0 Å². The first-order chi connectivity index (χ1) is 7.83. The van der Waals surface area contributed by atoms with E-state index in [0.29, 0.717) is 6.04 Å². The molecule has 0 radical (unpaired) electrons. The molecule has 16 heavy (non-hydrogen) atoms. The molecule has 0 bridgehead atoms. The molecule has 1 saturated heterocycles. The predicted octanol–water partition coefficient (Wildman–Crippen LogP) is 1.37. The number of benzene rings is 1. The number of fused-ring (bicyclic) bond motifs is 1. The highest BCUT2D eigenvalue weighted by atomic mass is 16.3. The Kier molecular flexibility index (Phi) is 2.38. The Morgan fingerprint density at radius 3 is 3.12 bits per heavy atom. The number of oxazole rings is 1. The van der Waals surface area contributed by atoms with Crippen molar-refractivity contribution in [2.45, 2.75) is 13.0 Å². The van der Waals surface area contributed by atoms with Crippen molar-refractivity contribution in [2.24, 2.45) is 0 Å². The molecule has 1 atom stereocenters. The highest BCUT2D eigenvalue weighted by Gasteiger charge is 2.15. The first-order valence-electron chi connectivity index (χ1n) is 5.64. The summed E-state index contributed by atoms with van der Waals surface area (Å²) in [7, 11) is 0. The van der Waals surface area contributed by atoms with Crippen LogP contribution in [0.1, 0.15) is 17.5 Å². The Morgan fingerprint density at radius 1 is 1.38 bits per heavy atom. The third-order valence-electron chi connectivity index (χ3n) is 2.96. The Morgan fingerprint density at radius 2 is 2.31 bits per heavy atom. The van der Waals surface area contributed by atoms with E-state index in [1.165, 1.54) is 5.56 Å². The zero-order valence-electron chi connectivity index (χ0n) is 9.29. The van der Waals surface area contributed by atoms with Crippen LogP contribution in [-0.4, -0.2) is 24.6 Å². The van der Waals surface area contributed by atoms with Gasteiger partial charge in [0.2, 0.25) is 0 Å². The van der Waals surface area contributed by atoms with E-state index in [4.69, 9.17) is 4.42 Å². The quantitative estimate of drug-likeness (QED) is 0.757. The number of rotatable bonds is 1. The summed E-state index contributed by atoms with van der Waals surface area (Å²) in [5, 5.41) is 6.86. The van der Waals surface area contributed by atoms with Crippen molar-refractivity contribution in [2.75, 3.05) is 19.6 Å². The molecule has 0 spiro atoms. The molecule has 0 aliphatic carbocycles. The normalized spacial score (nSPS) is 21.4. The molecule has 2 aromatic rings. The summed E-state index contributed by atoms with van der Waals surface area (Å²) >= 11 is 0. The number of nitrogens with one attached hydrogen (secondary N) is 2. The molecule has 2 N–H and O–H groups in total. The number of nitrogens with zero attached hydrogens (tertiary/aromatic N) is 1. The van der Waals surface area contributed by atoms with E-state index in [2.05, 4.69) is 27.8 Å². The van der Waals surface area contributed by atoms with Crippen LogP contribution in [0.3, 0.4) is 0 Å². The average Bonchev–Trinajstić information content (AvgIpc) is 2.69. The molecule has 0 amide bonds. The minimum atomic E-state index is 0.378. The van der Waals surface area contributed by atoms with Gasteiger partial charge in [0.25, 0.3) is 0 Å². The Labute approximate surface area is 94.0 Å². The van der Waals surface area contributed by atoms with Gasteiger partial charge in [0, 0.05) is 32.6 Å². The summed E-state index contributed by atoms with van der Waals surface area (Å²) in [5.74, 6) is 0.724. The summed E-state index contributed by atoms with van der Waals surface area (Å²) in [6.45, 7) is 4.90. The van der Waals surface area contributed by atoms with Crippen LogP contribution in [0.15, 0.2) is 22.6 Å². The van der Waals surface area contributed by atoms with E-state index in [9.17, 15) is 0 Å². The third kappa shape index (κ3) is 1.70. The van der Waals surface area contributed by atoms with E-state index in [-0.39, 0.29) is 0 Å². The second-order valence-electron chi connectivity index (χ2n) is 4.17. The lowest BCUT2D eigenvalue weighted by atomic mass is 10.1. The minimum Gasteiger partial charge on any atom is -0.441 e. The van der Waals surface area contributed by atoms with E-state index >= 15 is 0 Å². The number of aryl methyl sites for hydroxylation is 1. The first-order valence-corrected chi connectivity index (χ1v) is 5.64. The molecule has 1 aromatic heterocycles. The van der Waals surface area contributed by atoms with Crippen molar-refractivity contribution in [3.05, 3.63) is 29.7 Å². The van der Waals surface area contributed by atoms with Gasteiger partial charge in [0.05, 0.1) is 0 Å². The van der Waals surface area contributed by atoms with Crippen LogP contribution in [0.2, 0.25) is 0 Å². The maximum absolute atomic E-state index is 5.54. The first kappa shape index (κ1) is 9.81. The smallest absolute Gasteiger partial charge is 0.192 e. The van der Waals surface area contributed by atoms with Gasteiger partial charge in [0.1, 0.15) is 5.52 Å². The fourth-order valence-corrected chi connectivity index (χ4v) is 2.16. The molecule has 4 nitrogen and oxygen atoms in total. The van der Waals surface area contributed by atoms with Gasteiger partial charge in [-0.15, -0.1) is 0 Å². The van der Waals surface area contributed by atoms with Gasteiger partial charge < -0.3 is 15.1 Å². The molecule has 1 aliphatic heterocycles. The Hall–Kier alpha value is -1.39. The van der Waals surface area contributed by atoms with Crippen LogP contribution >= 0.6 is 0 Å². The summed E-state index contributed by atoms with van der Waals surface area (Å²) in [5.41, 5.74) is 3.07. The molecule has 1 aromatic carbocycles.